The van der Waals surface area contributed by atoms with Crippen LogP contribution in [0.2, 0.25) is 0 Å². The second-order valence-corrected chi connectivity index (χ2v) is 11.6. The Labute approximate surface area is 216 Å². The van der Waals surface area contributed by atoms with Gasteiger partial charge in [0.15, 0.2) is 0 Å². The van der Waals surface area contributed by atoms with Crippen molar-refractivity contribution in [3.8, 4) is 5.69 Å². The molecule has 0 unspecified atom stereocenters. The van der Waals surface area contributed by atoms with Crippen LogP contribution in [0.3, 0.4) is 0 Å². The van der Waals surface area contributed by atoms with E-state index >= 15 is 0 Å². The third kappa shape index (κ3) is 4.16. The van der Waals surface area contributed by atoms with E-state index in [0.717, 1.165) is 54.0 Å². The monoisotopic (exact) mass is 492 g/mol. The van der Waals surface area contributed by atoms with Gasteiger partial charge >= 0.3 is 0 Å². The molecule has 4 aliphatic rings. The highest BCUT2D eigenvalue weighted by molar-refractivity contribution is 6.04. The highest BCUT2D eigenvalue weighted by atomic mass is 16.1. The van der Waals surface area contributed by atoms with Crippen LogP contribution in [0.15, 0.2) is 67.1 Å². The fourth-order valence-electron chi connectivity index (χ4n) is 7.52. The number of aryl methyl sites for hydroxylation is 1. The zero-order chi connectivity index (χ0) is 25.0. The predicted octanol–water partition coefficient (Wildman–Crippen LogP) is 5.54. The minimum atomic E-state index is -0.180. The second-order valence-electron chi connectivity index (χ2n) is 11.6. The van der Waals surface area contributed by atoms with Gasteiger partial charge in [0, 0.05) is 11.6 Å². The van der Waals surface area contributed by atoms with Crippen LogP contribution in [-0.4, -0.2) is 30.5 Å². The lowest BCUT2D eigenvalue weighted by molar-refractivity contribution is -0.00765. The summed E-state index contributed by atoms with van der Waals surface area (Å²) >= 11 is 0. The number of benzene rings is 2. The van der Waals surface area contributed by atoms with E-state index in [2.05, 4.69) is 46.6 Å². The fourth-order valence-corrected chi connectivity index (χ4v) is 7.52. The smallest absolute Gasteiger partial charge is 0.261 e. The molecule has 37 heavy (non-hydrogen) atoms. The first kappa shape index (κ1) is 22.5. The number of carbonyl (C=O) groups is 1. The van der Waals surface area contributed by atoms with Crippen molar-refractivity contribution in [1.29, 1.82) is 0 Å². The first-order valence-corrected chi connectivity index (χ1v) is 13.4. The quantitative estimate of drug-likeness (QED) is 0.383. The standard InChI is InChI=1S/C30H32N6O/c1-20-7-9-21(10-8-20)17-35-19-31-29(34-35)32-28(37)26-18-36(25-5-3-2-4-6-25)33-27(26)30-14-22-11-23(15-30)13-24(12-22)16-30/h2-10,18-19,22-24H,11-17H2,1H3,(H,32,34,37). The predicted molar refractivity (Wildman–Crippen MR) is 142 cm³/mol. The Morgan fingerprint density at radius 1 is 0.946 bits per heavy atom. The van der Waals surface area contributed by atoms with E-state index < -0.39 is 0 Å². The summed E-state index contributed by atoms with van der Waals surface area (Å²) in [5.41, 5.74) is 4.95. The molecule has 8 rings (SSSR count). The first-order valence-electron chi connectivity index (χ1n) is 13.4. The number of carbonyl (C=O) groups excluding carboxylic acids is 1. The normalized spacial score (nSPS) is 25.9. The maximum atomic E-state index is 13.7. The third-order valence-electron chi connectivity index (χ3n) is 8.75. The molecule has 2 heterocycles. The van der Waals surface area contributed by atoms with E-state index in [4.69, 9.17) is 5.10 Å². The summed E-state index contributed by atoms with van der Waals surface area (Å²) in [5, 5.41) is 12.6. The molecule has 7 heteroatoms. The minimum absolute atomic E-state index is 0.000315. The number of nitrogens with zero attached hydrogens (tertiary/aromatic N) is 5. The molecule has 2 aromatic heterocycles. The number of anilines is 1. The van der Waals surface area contributed by atoms with Gasteiger partial charge < -0.3 is 0 Å². The average molecular weight is 493 g/mol. The maximum absolute atomic E-state index is 13.7. The molecule has 1 N–H and O–H groups in total. The summed E-state index contributed by atoms with van der Waals surface area (Å²) in [7, 11) is 0. The highest BCUT2D eigenvalue weighted by Crippen LogP contribution is 2.60. The SMILES string of the molecule is Cc1ccc(Cn2cnc(NC(=O)c3cn(-c4ccccc4)nc3C34CC5CC(CC(C5)C3)C4)n2)cc1. The van der Waals surface area contributed by atoms with Crippen molar-refractivity contribution in [2.24, 2.45) is 17.8 Å². The van der Waals surface area contributed by atoms with Crippen LogP contribution in [-0.2, 0) is 12.0 Å². The lowest BCUT2D eigenvalue weighted by atomic mass is 9.48. The summed E-state index contributed by atoms with van der Waals surface area (Å²) < 4.78 is 3.64. The Morgan fingerprint density at radius 2 is 1.62 bits per heavy atom. The Morgan fingerprint density at radius 3 is 2.30 bits per heavy atom. The Kier molecular flexibility index (Phi) is 5.27. The van der Waals surface area contributed by atoms with Crippen molar-refractivity contribution in [1.82, 2.24) is 24.5 Å². The summed E-state index contributed by atoms with van der Waals surface area (Å²) in [6.45, 7) is 2.68. The van der Waals surface area contributed by atoms with Gasteiger partial charge in [-0.1, -0.05) is 48.0 Å². The van der Waals surface area contributed by atoms with Crippen molar-refractivity contribution in [3.05, 3.63) is 89.5 Å². The summed E-state index contributed by atoms with van der Waals surface area (Å²) in [4.78, 5) is 18.1. The molecule has 0 radical (unpaired) electrons. The molecule has 0 aliphatic heterocycles. The van der Waals surface area contributed by atoms with Crippen LogP contribution in [0.25, 0.3) is 5.69 Å². The molecule has 4 aliphatic carbocycles. The van der Waals surface area contributed by atoms with Crippen LogP contribution in [0, 0.1) is 24.7 Å². The van der Waals surface area contributed by atoms with E-state index in [1.807, 2.05) is 41.2 Å². The molecule has 2 aromatic carbocycles. The van der Waals surface area contributed by atoms with Crippen LogP contribution >= 0.6 is 0 Å². The van der Waals surface area contributed by atoms with Gasteiger partial charge in [-0.15, -0.1) is 5.10 Å². The van der Waals surface area contributed by atoms with Crippen LogP contribution in [0.1, 0.15) is 65.7 Å². The van der Waals surface area contributed by atoms with E-state index in [1.165, 1.54) is 24.8 Å². The maximum Gasteiger partial charge on any atom is 0.261 e. The van der Waals surface area contributed by atoms with Crippen molar-refractivity contribution in [3.63, 3.8) is 0 Å². The zero-order valence-electron chi connectivity index (χ0n) is 21.2. The largest absolute Gasteiger partial charge is 0.289 e. The van der Waals surface area contributed by atoms with Gasteiger partial charge in [-0.05, 0) is 80.9 Å². The molecule has 4 aromatic rings. The first-order chi connectivity index (χ1) is 18.0. The van der Waals surface area contributed by atoms with Crippen molar-refractivity contribution in [2.75, 3.05) is 5.32 Å². The van der Waals surface area contributed by atoms with Crippen molar-refractivity contribution in [2.45, 2.75) is 57.4 Å². The van der Waals surface area contributed by atoms with Gasteiger partial charge in [0.25, 0.3) is 5.91 Å². The Bertz CT molecular complexity index is 1400. The third-order valence-corrected chi connectivity index (χ3v) is 8.75. The molecule has 4 saturated carbocycles. The van der Waals surface area contributed by atoms with E-state index in [0.29, 0.717) is 18.1 Å². The topological polar surface area (TPSA) is 77.6 Å². The van der Waals surface area contributed by atoms with Gasteiger partial charge in [-0.2, -0.15) is 5.10 Å². The Hall–Kier alpha value is -3.74. The second kappa shape index (κ2) is 8.68. The summed E-state index contributed by atoms with van der Waals surface area (Å²) in [5.74, 6) is 2.44. The number of para-hydroxylation sites is 1. The number of hydrogen-bond donors (Lipinski definition) is 1. The number of aromatic nitrogens is 5. The van der Waals surface area contributed by atoms with Gasteiger partial charge in [-0.3, -0.25) is 10.1 Å². The average Bonchev–Trinajstić information content (AvgIpc) is 3.53. The molecule has 0 saturated heterocycles. The lowest BCUT2D eigenvalue weighted by Gasteiger charge is -2.56. The van der Waals surface area contributed by atoms with E-state index in [-0.39, 0.29) is 11.3 Å². The van der Waals surface area contributed by atoms with Gasteiger partial charge in [-0.25, -0.2) is 14.3 Å². The molecule has 4 fully saturated rings. The molecule has 0 atom stereocenters. The summed E-state index contributed by atoms with van der Waals surface area (Å²) in [6, 6.07) is 18.4. The van der Waals surface area contributed by atoms with Gasteiger partial charge in [0.05, 0.1) is 23.5 Å². The molecule has 4 bridgehead atoms. The fraction of sp³-hybridized carbons (Fsp3) is 0.400. The lowest BCUT2D eigenvalue weighted by Crippen LogP contribution is -2.49. The number of hydrogen-bond acceptors (Lipinski definition) is 4. The van der Waals surface area contributed by atoms with Crippen LogP contribution in [0.4, 0.5) is 5.95 Å². The minimum Gasteiger partial charge on any atom is -0.289 e. The van der Waals surface area contributed by atoms with Crippen molar-refractivity contribution < 1.29 is 4.79 Å². The van der Waals surface area contributed by atoms with E-state index in [1.54, 1.807) is 11.0 Å². The van der Waals surface area contributed by atoms with Gasteiger partial charge in [0.1, 0.15) is 6.33 Å². The molecule has 188 valence electrons. The zero-order valence-corrected chi connectivity index (χ0v) is 21.2. The van der Waals surface area contributed by atoms with Gasteiger partial charge in [0.2, 0.25) is 5.95 Å². The summed E-state index contributed by atoms with van der Waals surface area (Å²) in [6.07, 6.45) is 11.1. The molecular formula is C30H32N6O. The molecular weight excluding hydrogens is 460 g/mol. The van der Waals surface area contributed by atoms with E-state index in [9.17, 15) is 4.79 Å². The Balaban J connectivity index is 1.19. The van der Waals surface area contributed by atoms with Crippen LogP contribution in [0.5, 0.6) is 0 Å². The molecule has 1 amide bonds. The number of amides is 1. The molecule has 0 spiro atoms. The van der Waals surface area contributed by atoms with Crippen molar-refractivity contribution >= 4 is 11.9 Å². The highest BCUT2D eigenvalue weighted by Gasteiger charge is 2.54. The van der Waals surface area contributed by atoms with Crippen LogP contribution < -0.4 is 5.32 Å². The number of nitrogens with one attached hydrogen (secondary N) is 1. The molecule has 7 nitrogen and oxygen atoms in total. The number of rotatable bonds is 6.